The quantitative estimate of drug-likeness (QED) is 0.423. The average Bonchev–Trinajstić information content (AvgIpc) is 3.02. The number of benzene rings is 1. The minimum absolute atomic E-state index is 0.137. The number of fused-ring (bicyclic) bond motifs is 3. The number of nitrogens with one attached hydrogen (secondary N) is 1. The van der Waals surface area contributed by atoms with E-state index in [4.69, 9.17) is 9.47 Å². The Hall–Kier alpha value is -4.06. The molecule has 2 aliphatic rings. The lowest BCUT2D eigenvalue weighted by Gasteiger charge is -2.29. The summed E-state index contributed by atoms with van der Waals surface area (Å²) in [6.45, 7) is 4.70. The maximum atomic E-state index is 14.5. The lowest BCUT2D eigenvalue weighted by Crippen LogP contribution is -2.36. The highest BCUT2D eigenvalue weighted by Gasteiger charge is 2.39. The van der Waals surface area contributed by atoms with E-state index in [9.17, 15) is 27.2 Å². The van der Waals surface area contributed by atoms with E-state index in [0.717, 1.165) is 17.7 Å². The molecule has 0 unspecified atom stereocenters. The molecular formula is C27H24F4N4O4. The zero-order valence-electron chi connectivity index (χ0n) is 21.0. The fraction of sp³-hybridized carbons (Fsp3) is 0.333. The molecule has 2 atom stereocenters. The number of aryl methyl sites for hydroxylation is 1. The molecule has 4 heterocycles. The van der Waals surface area contributed by atoms with Gasteiger partial charge in [-0.05, 0) is 44.5 Å². The number of aromatic nitrogens is 2. The summed E-state index contributed by atoms with van der Waals surface area (Å²) in [5.74, 6) is -2.34. The van der Waals surface area contributed by atoms with Crippen LogP contribution in [0.25, 0.3) is 11.1 Å². The SMILES string of the molecule is CCN1C(=O)O[C@@H]2COCC[C@@H]2c2cc(-c3cc(NC(=O)c4cccc(C(F)(F)F)c4F)cnc3C)cnc21. The van der Waals surface area contributed by atoms with Crippen molar-refractivity contribution in [3.8, 4) is 11.1 Å². The van der Waals surface area contributed by atoms with Crippen LogP contribution in [0.4, 0.5) is 33.9 Å². The first-order valence-electron chi connectivity index (χ1n) is 12.3. The minimum Gasteiger partial charge on any atom is -0.443 e. The molecule has 3 aromatic rings. The Balaban J connectivity index is 1.50. The highest BCUT2D eigenvalue weighted by molar-refractivity contribution is 6.04. The van der Waals surface area contributed by atoms with Crippen LogP contribution in [0, 0.1) is 12.7 Å². The highest BCUT2D eigenvalue weighted by atomic mass is 19.4. The van der Waals surface area contributed by atoms with Gasteiger partial charge in [0.1, 0.15) is 17.7 Å². The average molecular weight is 545 g/mol. The molecule has 0 radical (unpaired) electrons. The number of carbonyl (C=O) groups is 2. The molecule has 1 saturated heterocycles. The predicted molar refractivity (Wildman–Crippen MR) is 133 cm³/mol. The Bertz CT molecular complexity index is 1450. The third-order valence-electron chi connectivity index (χ3n) is 6.85. The van der Waals surface area contributed by atoms with Gasteiger partial charge in [0.05, 0.1) is 29.6 Å². The van der Waals surface area contributed by atoms with Crippen molar-refractivity contribution >= 4 is 23.5 Å². The van der Waals surface area contributed by atoms with Crippen LogP contribution in [-0.4, -0.2) is 47.8 Å². The molecule has 5 rings (SSSR count). The first-order chi connectivity index (χ1) is 18.6. The largest absolute Gasteiger partial charge is 0.443 e. The molecule has 0 aliphatic carbocycles. The van der Waals surface area contributed by atoms with Crippen LogP contribution in [-0.2, 0) is 15.7 Å². The summed E-state index contributed by atoms with van der Waals surface area (Å²) in [4.78, 5) is 35.8. The van der Waals surface area contributed by atoms with Gasteiger partial charge in [-0.3, -0.25) is 14.7 Å². The van der Waals surface area contributed by atoms with Crippen LogP contribution < -0.4 is 10.2 Å². The number of hydrogen-bond acceptors (Lipinski definition) is 6. The van der Waals surface area contributed by atoms with E-state index >= 15 is 0 Å². The van der Waals surface area contributed by atoms with Gasteiger partial charge in [-0.2, -0.15) is 13.2 Å². The molecule has 2 aliphatic heterocycles. The smallest absolute Gasteiger partial charge is 0.419 e. The second-order valence-electron chi connectivity index (χ2n) is 9.25. The van der Waals surface area contributed by atoms with E-state index in [1.807, 2.05) is 13.0 Å². The van der Waals surface area contributed by atoms with Crippen LogP contribution in [0.5, 0.6) is 0 Å². The van der Waals surface area contributed by atoms with Crippen molar-refractivity contribution < 1.29 is 36.6 Å². The van der Waals surface area contributed by atoms with Crippen molar-refractivity contribution in [3.63, 3.8) is 0 Å². The molecule has 2 aromatic heterocycles. The number of amides is 2. The van der Waals surface area contributed by atoms with Gasteiger partial charge < -0.3 is 14.8 Å². The fourth-order valence-electron chi connectivity index (χ4n) is 4.88. The van der Waals surface area contributed by atoms with Crippen LogP contribution in [0.2, 0.25) is 0 Å². The second kappa shape index (κ2) is 10.3. The van der Waals surface area contributed by atoms with E-state index in [1.54, 1.807) is 19.2 Å². The van der Waals surface area contributed by atoms with Crippen molar-refractivity contribution in [1.29, 1.82) is 0 Å². The van der Waals surface area contributed by atoms with Crippen molar-refractivity contribution in [3.05, 3.63) is 70.9 Å². The van der Waals surface area contributed by atoms with Crippen LogP contribution >= 0.6 is 0 Å². The van der Waals surface area contributed by atoms with Crippen molar-refractivity contribution in [2.45, 2.75) is 38.5 Å². The molecule has 2 amide bonds. The molecule has 0 bridgehead atoms. The maximum Gasteiger partial charge on any atom is 0.419 e. The summed E-state index contributed by atoms with van der Waals surface area (Å²) in [5.41, 5.74) is 0.541. The molecule has 0 saturated carbocycles. The van der Waals surface area contributed by atoms with E-state index < -0.39 is 41.2 Å². The first kappa shape index (κ1) is 26.5. The van der Waals surface area contributed by atoms with Gasteiger partial charge >= 0.3 is 12.3 Å². The Morgan fingerprint density at radius 3 is 2.74 bits per heavy atom. The molecule has 1 aromatic carbocycles. The minimum atomic E-state index is -4.94. The number of carbonyl (C=O) groups excluding carboxylic acids is 2. The van der Waals surface area contributed by atoms with Crippen molar-refractivity contribution in [1.82, 2.24) is 9.97 Å². The molecule has 12 heteroatoms. The molecule has 204 valence electrons. The fourth-order valence-corrected chi connectivity index (χ4v) is 4.88. The Morgan fingerprint density at radius 2 is 2.00 bits per heavy atom. The number of halogens is 4. The summed E-state index contributed by atoms with van der Waals surface area (Å²) in [6, 6.07) is 6.01. The van der Waals surface area contributed by atoms with Gasteiger partial charge in [0.15, 0.2) is 0 Å². The molecule has 1 N–H and O–H groups in total. The van der Waals surface area contributed by atoms with E-state index in [2.05, 4.69) is 15.3 Å². The predicted octanol–water partition coefficient (Wildman–Crippen LogP) is 5.71. The normalized spacial score (nSPS) is 19.0. The summed E-state index contributed by atoms with van der Waals surface area (Å²) >= 11 is 0. The topological polar surface area (TPSA) is 93.7 Å². The third-order valence-corrected chi connectivity index (χ3v) is 6.85. The zero-order valence-corrected chi connectivity index (χ0v) is 21.0. The molecular weight excluding hydrogens is 520 g/mol. The van der Waals surface area contributed by atoms with Crippen LogP contribution in [0.3, 0.4) is 0 Å². The number of rotatable bonds is 4. The van der Waals surface area contributed by atoms with E-state index in [-0.39, 0.29) is 18.2 Å². The van der Waals surface area contributed by atoms with E-state index in [0.29, 0.717) is 48.3 Å². The number of alkyl halides is 3. The highest BCUT2D eigenvalue weighted by Crippen LogP contribution is 2.40. The second-order valence-corrected chi connectivity index (χ2v) is 9.25. The first-order valence-corrected chi connectivity index (χ1v) is 12.3. The number of ether oxygens (including phenoxy) is 2. The van der Waals surface area contributed by atoms with Crippen LogP contribution in [0.1, 0.15) is 46.4 Å². The van der Waals surface area contributed by atoms with Gasteiger partial charge in [0, 0.05) is 47.7 Å². The van der Waals surface area contributed by atoms with Crippen molar-refractivity contribution in [2.75, 3.05) is 30.0 Å². The number of pyridine rings is 2. The van der Waals surface area contributed by atoms with Gasteiger partial charge in [-0.1, -0.05) is 6.07 Å². The van der Waals surface area contributed by atoms with Gasteiger partial charge in [0.2, 0.25) is 0 Å². The standard InChI is InChI=1S/C27H24F4N4O4/c1-3-35-24-20(17-7-8-38-13-22(17)39-26(35)37)9-15(11-33-24)19-10-16(12-32-14(19)2)34-25(36)18-5-4-6-21(23(18)28)27(29,30)31/h4-6,9-12,17,22H,3,7-8,13H2,1-2H3,(H,34,36)/t17-,22-/m1/s1. The maximum absolute atomic E-state index is 14.5. The van der Waals surface area contributed by atoms with Gasteiger partial charge in [-0.15, -0.1) is 0 Å². The Labute approximate surface area is 221 Å². The Kier molecular flexibility index (Phi) is 6.98. The summed E-state index contributed by atoms with van der Waals surface area (Å²) in [7, 11) is 0. The summed E-state index contributed by atoms with van der Waals surface area (Å²) in [6.07, 6.45) is -2.37. The molecule has 39 heavy (non-hydrogen) atoms. The third kappa shape index (κ3) is 5.03. The number of anilines is 2. The lowest BCUT2D eigenvalue weighted by atomic mass is 9.88. The van der Waals surface area contributed by atoms with Crippen molar-refractivity contribution in [2.24, 2.45) is 0 Å². The zero-order chi connectivity index (χ0) is 27.9. The lowest BCUT2D eigenvalue weighted by molar-refractivity contribution is -0.140. The van der Waals surface area contributed by atoms with Crippen LogP contribution in [0.15, 0.2) is 42.7 Å². The molecule has 8 nitrogen and oxygen atoms in total. The number of nitrogens with zero attached hydrogens (tertiary/aromatic N) is 3. The Morgan fingerprint density at radius 1 is 1.21 bits per heavy atom. The monoisotopic (exact) mass is 544 g/mol. The summed E-state index contributed by atoms with van der Waals surface area (Å²) in [5, 5.41) is 2.44. The number of hydrogen-bond donors (Lipinski definition) is 1. The van der Waals surface area contributed by atoms with Gasteiger partial charge in [0.25, 0.3) is 5.91 Å². The summed E-state index contributed by atoms with van der Waals surface area (Å²) < 4.78 is 65.0. The molecule has 1 fully saturated rings. The van der Waals surface area contributed by atoms with E-state index in [1.165, 1.54) is 11.1 Å². The molecule has 0 spiro atoms. The van der Waals surface area contributed by atoms with Gasteiger partial charge in [-0.25, -0.2) is 14.2 Å².